The summed E-state index contributed by atoms with van der Waals surface area (Å²) >= 11 is 0. The summed E-state index contributed by atoms with van der Waals surface area (Å²) in [6, 6.07) is 15.2. The van der Waals surface area contributed by atoms with Crippen LogP contribution in [0.25, 0.3) is 10.9 Å². The highest BCUT2D eigenvalue weighted by Crippen LogP contribution is 2.43. The number of carbonyl (C=O) groups is 1. The average molecular weight is 348 g/mol. The highest BCUT2D eigenvalue weighted by molar-refractivity contribution is 6.09. The molecule has 0 radical (unpaired) electrons. The van der Waals surface area contributed by atoms with Crippen LogP contribution in [0, 0.1) is 5.92 Å². The van der Waals surface area contributed by atoms with Crippen LogP contribution in [-0.4, -0.2) is 24.0 Å². The quantitative estimate of drug-likeness (QED) is 0.724. The van der Waals surface area contributed by atoms with E-state index in [4.69, 9.17) is 14.5 Å². The molecule has 1 unspecified atom stereocenters. The number of H-pyrrole nitrogens is 1. The monoisotopic (exact) mass is 348 g/mol. The highest BCUT2D eigenvalue weighted by Gasteiger charge is 2.51. The summed E-state index contributed by atoms with van der Waals surface area (Å²) in [5.74, 6) is 0.676. The fraction of sp³-hybridized carbons (Fsp3) is 0.238. The molecule has 2 heterocycles. The number of carbonyl (C=O) groups excluding carboxylic acids is 1. The summed E-state index contributed by atoms with van der Waals surface area (Å²) in [6.07, 6.45) is 1.87. The van der Waals surface area contributed by atoms with E-state index in [-0.39, 0.29) is 11.9 Å². The van der Waals surface area contributed by atoms with Gasteiger partial charge in [0.1, 0.15) is 5.75 Å². The molecule has 4 rings (SSSR count). The number of nitrogens with one attached hydrogen (secondary N) is 1. The van der Waals surface area contributed by atoms with E-state index in [1.54, 1.807) is 7.11 Å². The Bertz CT molecular complexity index is 1000. The molecule has 0 bridgehead atoms. The van der Waals surface area contributed by atoms with Gasteiger partial charge in [-0.05, 0) is 36.2 Å². The van der Waals surface area contributed by atoms with Gasteiger partial charge < -0.3 is 14.5 Å². The van der Waals surface area contributed by atoms with Crippen molar-refractivity contribution < 1.29 is 14.3 Å². The molecular weight excluding hydrogens is 328 g/mol. The normalized spacial score (nSPS) is 19.7. The van der Waals surface area contributed by atoms with Crippen LogP contribution in [-0.2, 0) is 15.1 Å². The van der Waals surface area contributed by atoms with E-state index in [9.17, 15) is 4.79 Å². The number of hydrogen-bond acceptors (Lipinski definition) is 4. The molecule has 1 atom stereocenters. The van der Waals surface area contributed by atoms with Crippen LogP contribution < -0.4 is 4.74 Å². The minimum Gasteiger partial charge on any atom is -0.497 e. The summed E-state index contributed by atoms with van der Waals surface area (Å²) in [5, 5.41) is 0.984. The Balaban J connectivity index is 1.87. The van der Waals surface area contributed by atoms with Crippen LogP contribution >= 0.6 is 0 Å². The minimum atomic E-state index is -1.06. The van der Waals surface area contributed by atoms with Crippen molar-refractivity contribution in [3.63, 3.8) is 0 Å². The molecule has 0 amide bonds. The Labute approximate surface area is 151 Å². The van der Waals surface area contributed by atoms with Gasteiger partial charge in [-0.3, -0.25) is 0 Å². The zero-order chi connectivity index (χ0) is 18.3. The van der Waals surface area contributed by atoms with E-state index in [2.05, 4.69) is 4.98 Å². The van der Waals surface area contributed by atoms with Crippen molar-refractivity contribution in [2.24, 2.45) is 10.9 Å². The molecule has 0 aliphatic carbocycles. The van der Waals surface area contributed by atoms with Crippen molar-refractivity contribution in [1.29, 1.82) is 0 Å². The number of aliphatic imine (C=N–C) groups is 1. The molecule has 132 valence electrons. The molecule has 2 aromatic carbocycles. The first kappa shape index (κ1) is 16.4. The van der Waals surface area contributed by atoms with Gasteiger partial charge in [-0.15, -0.1) is 0 Å². The SMILES string of the molecule is COc1ccc(C2=NC(c3c[nH]c4ccccc34)(C(C)C)C(=O)O2)cc1. The summed E-state index contributed by atoms with van der Waals surface area (Å²) < 4.78 is 10.8. The first-order valence-corrected chi connectivity index (χ1v) is 8.59. The van der Waals surface area contributed by atoms with E-state index in [0.29, 0.717) is 5.90 Å². The fourth-order valence-corrected chi connectivity index (χ4v) is 3.48. The van der Waals surface area contributed by atoms with Crippen molar-refractivity contribution >= 4 is 22.8 Å². The van der Waals surface area contributed by atoms with Crippen LogP contribution in [0.5, 0.6) is 5.75 Å². The van der Waals surface area contributed by atoms with Gasteiger partial charge in [-0.2, -0.15) is 0 Å². The van der Waals surface area contributed by atoms with Crippen LogP contribution in [0.3, 0.4) is 0 Å². The zero-order valence-electron chi connectivity index (χ0n) is 14.9. The molecular formula is C21H20N2O3. The average Bonchev–Trinajstić information content (AvgIpc) is 3.23. The number of esters is 1. The summed E-state index contributed by atoms with van der Waals surface area (Å²) in [5.41, 5.74) is 1.51. The standard InChI is InChI=1S/C21H20N2O3/c1-13(2)21(17-12-22-18-7-5-4-6-16(17)18)20(24)26-19(23-21)14-8-10-15(25-3)11-9-14/h4-13,22H,1-3H3. The molecule has 3 aromatic rings. The molecule has 0 saturated heterocycles. The number of rotatable bonds is 4. The van der Waals surface area contributed by atoms with Crippen LogP contribution in [0.15, 0.2) is 59.7 Å². The number of aromatic nitrogens is 1. The third-order valence-electron chi connectivity index (χ3n) is 4.95. The molecule has 1 aliphatic rings. The van der Waals surface area contributed by atoms with Gasteiger partial charge in [-0.25, -0.2) is 9.79 Å². The van der Waals surface area contributed by atoms with E-state index in [1.807, 2.05) is 68.6 Å². The summed E-state index contributed by atoms with van der Waals surface area (Å²) in [6.45, 7) is 3.98. The van der Waals surface area contributed by atoms with Gasteiger partial charge in [0.05, 0.1) is 7.11 Å². The molecule has 5 nitrogen and oxygen atoms in total. The molecule has 26 heavy (non-hydrogen) atoms. The number of fused-ring (bicyclic) bond motifs is 1. The third kappa shape index (κ3) is 2.31. The number of para-hydroxylation sites is 1. The maximum atomic E-state index is 13.0. The second-order valence-electron chi connectivity index (χ2n) is 6.70. The fourth-order valence-electron chi connectivity index (χ4n) is 3.48. The predicted octanol–water partition coefficient (Wildman–Crippen LogP) is 4.03. The van der Waals surface area contributed by atoms with Gasteiger partial charge in [0, 0.05) is 28.2 Å². The first-order valence-electron chi connectivity index (χ1n) is 8.59. The number of benzene rings is 2. The number of cyclic esters (lactones) is 1. The Kier molecular flexibility index (Phi) is 3.80. The maximum absolute atomic E-state index is 13.0. The molecule has 1 aromatic heterocycles. The van der Waals surface area contributed by atoms with Crippen molar-refractivity contribution in [3.8, 4) is 5.75 Å². The predicted molar refractivity (Wildman–Crippen MR) is 100 cm³/mol. The van der Waals surface area contributed by atoms with E-state index in [1.165, 1.54) is 0 Å². The number of nitrogens with zero attached hydrogens (tertiary/aromatic N) is 1. The topological polar surface area (TPSA) is 63.7 Å². The number of hydrogen-bond donors (Lipinski definition) is 1. The van der Waals surface area contributed by atoms with Crippen molar-refractivity contribution in [1.82, 2.24) is 4.98 Å². The lowest BCUT2D eigenvalue weighted by atomic mass is 9.80. The number of ether oxygens (including phenoxy) is 2. The lowest BCUT2D eigenvalue weighted by molar-refractivity contribution is -0.140. The highest BCUT2D eigenvalue weighted by atomic mass is 16.6. The van der Waals surface area contributed by atoms with Crippen LogP contribution in [0.1, 0.15) is 25.0 Å². The van der Waals surface area contributed by atoms with Gasteiger partial charge in [-0.1, -0.05) is 32.0 Å². The van der Waals surface area contributed by atoms with Gasteiger partial charge in [0.15, 0.2) is 5.54 Å². The van der Waals surface area contributed by atoms with Gasteiger partial charge in [0.2, 0.25) is 5.90 Å². The molecule has 0 fully saturated rings. The Morgan fingerprint density at radius 1 is 1.12 bits per heavy atom. The first-order chi connectivity index (χ1) is 12.6. The van der Waals surface area contributed by atoms with Crippen molar-refractivity contribution in [2.45, 2.75) is 19.4 Å². The molecule has 0 spiro atoms. The van der Waals surface area contributed by atoms with Crippen molar-refractivity contribution in [2.75, 3.05) is 7.11 Å². The third-order valence-corrected chi connectivity index (χ3v) is 4.95. The lowest BCUT2D eigenvalue weighted by Crippen LogP contribution is -2.36. The Morgan fingerprint density at radius 3 is 2.54 bits per heavy atom. The minimum absolute atomic E-state index is 0.0649. The van der Waals surface area contributed by atoms with E-state index >= 15 is 0 Å². The van der Waals surface area contributed by atoms with E-state index < -0.39 is 5.54 Å². The Hall–Kier alpha value is -3.08. The Morgan fingerprint density at radius 2 is 1.85 bits per heavy atom. The number of methoxy groups -OCH3 is 1. The van der Waals surface area contributed by atoms with Crippen LogP contribution in [0.4, 0.5) is 0 Å². The van der Waals surface area contributed by atoms with Crippen LogP contribution in [0.2, 0.25) is 0 Å². The summed E-state index contributed by atoms with van der Waals surface area (Å²) in [4.78, 5) is 21.1. The zero-order valence-corrected chi connectivity index (χ0v) is 14.9. The molecule has 1 N–H and O–H groups in total. The lowest BCUT2D eigenvalue weighted by Gasteiger charge is -2.25. The van der Waals surface area contributed by atoms with Gasteiger partial charge >= 0.3 is 5.97 Å². The smallest absolute Gasteiger partial charge is 0.345 e. The second kappa shape index (κ2) is 6.02. The number of aromatic amines is 1. The molecule has 0 saturated carbocycles. The summed E-state index contributed by atoms with van der Waals surface area (Å²) in [7, 11) is 1.61. The largest absolute Gasteiger partial charge is 0.497 e. The molecule has 1 aliphatic heterocycles. The van der Waals surface area contributed by atoms with Gasteiger partial charge in [0.25, 0.3) is 0 Å². The van der Waals surface area contributed by atoms with E-state index in [0.717, 1.165) is 27.8 Å². The maximum Gasteiger partial charge on any atom is 0.345 e. The second-order valence-corrected chi connectivity index (χ2v) is 6.70. The molecule has 5 heteroatoms. The van der Waals surface area contributed by atoms with Crippen molar-refractivity contribution in [3.05, 3.63) is 65.9 Å².